The summed E-state index contributed by atoms with van der Waals surface area (Å²) in [6, 6.07) is 30.5. The van der Waals surface area contributed by atoms with Crippen molar-refractivity contribution in [2.45, 2.75) is 0 Å². The summed E-state index contributed by atoms with van der Waals surface area (Å²) >= 11 is 4.85. The zero-order valence-corrected chi connectivity index (χ0v) is 16.3. The molecule has 126 valence electrons. The third kappa shape index (κ3) is 3.16. The molecule has 4 aromatic rings. The van der Waals surface area contributed by atoms with Crippen LogP contribution in [0.2, 0.25) is 0 Å². The zero-order valence-electron chi connectivity index (χ0n) is 13.9. The van der Waals surface area contributed by atoms with Gasteiger partial charge < -0.3 is 0 Å². The van der Waals surface area contributed by atoms with Gasteiger partial charge in [-0.25, -0.2) is 0 Å². The molecule has 0 aliphatic rings. The molecule has 4 rings (SSSR count). The van der Waals surface area contributed by atoms with Crippen molar-refractivity contribution in [2.75, 3.05) is 0 Å². The predicted molar refractivity (Wildman–Crippen MR) is 115 cm³/mol. The van der Waals surface area contributed by atoms with Crippen LogP contribution in [0.25, 0.3) is 32.7 Å². The molecule has 1 nitrogen and oxygen atoms in total. The quantitative estimate of drug-likeness (QED) is 0.354. The van der Waals surface area contributed by atoms with E-state index in [1.807, 2.05) is 66.7 Å². The third-order valence-electron chi connectivity index (χ3n) is 4.23. The fourth-order valence-corrected chi connectivity index (χ4v) is 4.69. The first-order chi connectivity index (χ1) is 12.8. The summed E-state index contributed by atoms with van der Waals surface area (Å²) in [6.07, 6.45) is 0. The highest BCUT2D eigenvalue weighted by Crippen LogP contribution is 2.44. The number of benzene rings is 3. The average molecular weight is 419 g/mol. The number of halogens is 1. The van der Waals surface area contributed by atoms with E-state index in [0.717, 1.165) is 32.7 Å². The lowest BCUT2D eigenvalue weighted by atomic mass is 9.93. The van der Waals surface area contributed by atoms with E-state index in [0.29, 0.717) is 4.47 Å². The van der Waals surface area contributed by atoms with Crippen LogP contribution >= 0.6 is 27.3 Å². The third-order valence-corrected chi connectivity index (χ3v) is 6.28. The lowest BCUT2D eigenvalue weighted by molar-refractivity contribution is 1.56. The van der Waals surface area contributed by atoms with Crippen LogP contribution in [-0.2, 0) is 0 Å². The highest BCUT2D eigenvalue weighted by atomic mass is 79.9. The number of hydrogen-bond acceptors (Lipinski definition) is 2. The van der Waals surface area contributed by atoms with Gasteiger partial charge in [-0.1, -0.05) is 102 Å². The first kappa shape index (κ1) is 17.0. The maximum atomic E-state index is 12.8. The number of hydrogen-bond donors (Lipinski definition) is 0. The molecule has 1 aromatic heterocycles. The molecule has 0 aliphatic carbocycles. The molecular formula is C23H15BrOS. The predicted octanol–water partition coefficient (Wildman–Crippen LogP) is 6.87. The standard InChI is InChI=1S/C23H15BrOS/c24-21-19(16-10-4-1-5-11-16)20(17-12-6-2-7-13-17)22(26-23(21)25)18-14-8-3-9-15-18/h1-15H. The molecule has 0 unspecified atom stereocenters. The van der Waals surface area contributed by atoms with Gasteiger partial charge in [0.2, 0.25) is 4.74 Å². The Labute approximate surface area is 164 Å². The van der Waals surface area contributed by atoms with Gasteiger partial charge in [-0.3, -0.25) is 4.79 Å². The van der Waals surface area contributed by atoms with Gasteiger partial charge in [0, 0.05) is 16.0 Å². The highest BCUT2D eigenvalue weighted by Gasteiger charge is 2.20. The monoisotopic (exact) mass is 418 g/mol. The van der Waals surface area contributed by atoms with Crippen molar-refractivity contribution in [3.63, 3.8) is 0 Å². The second kappa shape index (κ2) is 7.40. The Kier molecular flexibility index (Phi) is 4.83. The Balaban J connectivity index is 2.14. The van der Waals surface area contributed by atoms with Crippen LogP contribution < -0.4 is 4.74 Å². The maximum absolute atomic E-state index is 12.8. The van der Waals surface area contributed by atoms with Crippen LogP contribution in [0.1, 0.15) is 0 Å². The summed E-state index contributed by atoms with van der Waals surface area (Å²) in [4.78, 5) is 13.8. The van der Waals surface area contributed by atoms with Gasteiger partial charge in [0.1, 0.15) is 0 Å². The topological polar surface area (TPSA) is 17.1 Å². The summed E-state index contributed by atoms with van der Waals surface area (Å²) in [5, 5.41) is 0. The van der Waals surface area contributed by atoms with Crippen molar-refractivity contribution >= 4 is 27.3 Å². The van der Waals surface area contributed by atoms with Crippen molar-refractivity contribution in [3.8, 4) is 32.7 Å². The summed E-state index contributed by atoms with van der Waals surface area (Å²) in [5.74, 6) is 0. The summed E-state index contributed by atoms with van der Waals surface area (Å²) in [5.41, 5.74) is 5.21. The Bertz CT molecular complexity index is 1090. The van der Waals surface area contributed by atoms with Crippen LogP contribution in [0.4, 0.5) is 0 Å². The Morgan fingerprint density at radius 3 is 1.50 bits per heavy atom. The first-order valence-electron chi connectivity index (χ1n) is 8.28. The normalized spacial score (nSPS) is 10.7. The minimum atomic E-state index is 0.0300. The van der Waals surface area contributed by atoms with E-state index >= 15 is 0 Å². The molecule has 0 N–H and O–H groups in total. The van der Waals surface area contributed by atoms with Crippen molar-refractivity contribution in [3.05, 3.63) is 105 Å². The van der Waals surface area contributed by atoms with Crippen LogP contribution in [0.5, 0.6) is 0 Å². The molecule has 26 heavy (non-hydrogen) atoms. The van der Waals surface area contributed by atoms with Crippen molar-refractivity contribution < 1.29 is 0 Å². The molecule has 0 bridgehead atoms. The van der Waals surface area contributed by atoms with Gasteiger partial charge in [0.15, 0.2) is 0 Å². The maximum Gasteiger partial charge on any atom is 0.247 e. The van der Waals surface area contributed by atoms with Gasteiger partial charge in [-0.2, -0.15) is 0 Å². The molecule has 3 heteroatoms. The van der Waals surface area contributed by atoms with Crippen molar-refractivity contribution in [1.82, 2.24) is 0 Å². The largest absolute Gasteiger partial charge is 0.277 e. The van der Waals surface area contributed by atoms with E-state index in [4.69, 9.17) is 0 Å². The molecule has 0 fully saturated rings. The Hall–Kier alpha value is -2.49. The molecule has 0 saturated carbocycles. The number of rotatable bonds is 3. The summed E-state index contributed by atoms with van der Waals surface area (Å²) in [7, 11) is 0. The fourth-order valence-electron chi connectivity index (χ4n) is 3.06. The molecular weight excluding hydrogens is 404 g/mol. The van der Waals surface area contributed by atoms with Gasteiger partial charge in [-0.05, 0) is 32.6 Å². The van der Waals surface area contributed by atoms with Crippen LogP contribution in [0.3, 0.4) is 0 Å². The fraction of sp³-hybridized carbons (Fsp3) is 0. The van der Waals surface area contributed by atoms with Crippen LogP contribution in [0, 0.1) is 0 Å². The summed E-state index contributed by atoms with van der Waals surface area (Å²) < 4.78 is 0.648. The second-order valence-corrected chi connectivity index (χ2v) is 7.66. The van der Waals surface area contributed by atoms with E-state index < -0.39 is 0 Å². The van der Waals surface area contributed by atoms with E-state index in [9.17, 15) is 4.79 Å². The Morgan fingerprint density at radius 2 is 1.00 bits per heavy atom. The van der Waals surface area contributed by atoms with Crippen molar-refractivity contribution in [1.29, 1.82) is 0 Å². The molecule has 0 aliphatic heterocycles. The Morgan fingerprint density at radius 1 is 0.577 bits per heavy atom. The second-order valence-electron chi connectivity index (χ2n) is 5.88. The van der Waals surface area contributed by atoms with Gasteiger partial charge >= 0.3 is 0 Å². The smallest absolute Gasteiger partial charge is 0.247 e. The van der Waals surface area contributed by atoms with E-state index in [1.165, 1.54) is 11.3 Å². The van der Waals surface area contributed by atoms with Crippen LogP contribution in [0.15, 0.2) is 100 Å². The van der Waals surface area contributed by atoms with Gasteiger partial charge in [0.25, 0.3) is 0 Å². The zero-order chi connectivity index (χ0) is 17.9. The summed E-state index contributed by atoms with van der Waals surface area (Å²) in [6.45, 7) is 0. The highest BCUT2D eigenvalue weighted by molar-refractivity contribution is 9.10. The minimum Gasteiger partial charge on any atom is -0.277 e. The van der Waals surface area contributed by atoms with Gasteiger partial charge in [-0.15, -0.1) is 0 Å². The van der Waals surface area contributed by atoms with E-state index in [-0.39, 0.29) is 4.74 Å². The van der Waals surface area contributed by atoms with E-state index in [2.05, 4.69) is 40.2 Å². The molecule has 0 atom stereocenters. The van der Waals surface area contributed by atoms with Crippen LogP contribution in [-0.4, -0.2) is 0 Å². The molecule has 0 saturated heterocycles. The molecule has 1 heterocycles. The average Bonchev–Trinajstić information content (AvgIpc) is 2.71. The minimum absolute atomic E-state index is 0.0300. The van der Waals surface area contributed by atoms with Gasteiger partial charge in [0.05, 0.1) is 4.47 Å². The molecule has 0 radical (unpaired) electrons. The molecule has 0 amide bonds. The van der Waals surface area contributed by atoms with E-state index in [1.54, 1.807) is 0 Å². The SMILES string of the molecule is O=c1sc(-c2ccccc2)c(-c2ccccc2)c(-c2ccccc2)c1Br. The molecule has 0 spiro atoms. The lowest BCUT2D eigenvalue weighted by Gasteiger charge is -2.16. The lowest BCUT2D eigenvalue weighted by Crippen LogP contribution is -2.02. The first-order valence-corrected chi connectivity index (χ1v) is 9.89. The van der Waals surface area contributed by atoms with Crippen molar-refractivity contribution in [2.24, 2.45) is 0 Å². The molecule has 3 aromatic carbocycles.